The van der Waals surface area contributed by atoms with Crippen molar-refractivity contribution in [3.05, 3.63) is 42.1 Å². The van der Waals surface area contributed by atoms with E-state index >= 15 is 0 Å². The highest BCUT2D eigenvalue weighted by molar-refractivity contribution is 5.55. The van der Waals surface area contributed by atoms with Gasteiger partial charge in [-0.05, 0) is 30.7 Å². The molecule has 0 unspecified atom stereocenters. The van der Waals surface area contributed by atoms with Gasteiger partial charge in [-0.3, -0.25) is 0 Å². The van der Waals surface area contributed by atoms with Crippen molar-refractivity contribution in [2.75, 3.05) is 12.8 Å². The van der Waals surface area contributed by atoms with E-state index in [1.807, 2.05) is 25.1 Å². The maximum Gasteiger partial charge on any atom is 0.216 e. The van der Waals surface area contributed by atoms with Crippen LogP contribution in [0, 0.1) is 6.92 Å². The number of methoxy groups -OCH3 is 1. The normalized spacial score (nSPS) is 10.0. The molecule has 2 N–H and O–H groups in total. The molecule has 2 rings (SSSR count). The smallest absolute Gasteiger partial charge is 0.216 e. The van der Waals surface area contributed by atoms with Gasteiger partial charge in [0.05, 0.1) is 12.8 Å². The standard InChI is InChI=1S/C13H14N2O2/c1-9-3-4-11(14)12(7-9)17-10-5-6-15-13(8-10)16-2/h3-8H,14H2,1-2H3. The second-order valence-electron chi connectivity index (χ2n) is 3.68. The Labute approximate surface area is 100 Å². The van der Waals surface area contributed by atoms with E-state index < -0.39 is 0 Å². The van der Waals surface area contributed by atoms with E-state index in [0.29, 0.717) is 23.1 Å². The van der Waals surface area contributed by atoms with Crippen molar-refractivity contribution in [1.82, 2.24) is 4.98 Å². The summed E-state index contributed by atoms with van der Waals surface area (Å²) in [5.74, 6) is 1.79. The summed E-state index contributed by atoms with van der Waals surface area (Å²) >= 11 is 0. The molecular formula is C13H14N2O2. The molecule has 1 aromatic heterocycles. The first-order chi connectivity index (χ1) is 8.19. The zero-order valence-corrected chi connectivity index (χ0v) is 9.81. The first-order valence-corrected chi connectivity index (χ1v) is 5.23. The summed E-state index contributed by atoms with van der Waals surface area (Å²) in [7, 11) is 1.56. The molecule has 1 aromatic carbocycles. The second-order valence-corrected chi connectivity index (χ2v) is 3.68. The van der Waals surface area contributed by atoms with Gasteiger partial charge in [-0.25, -0.2) is 4.98 Å². The average molecular weight is 230 g/mol. The molecule has 0 radical (unpaired) electrons. The number of anilines is 1. The Bertz CT molecular complexity index is 527. The molecule has 1 heterocycles. The van der Waals surface area contributed by atoms with Crippen LogP contribution in [0.15, 0.2) is 36.5 Å². The van der Waals surface area contributed by atoms with Crippen LogP contribution in [-0.2, 0) is 0 Å². The van der Waals surface area contributed by atoms with E-state index in [9.17, 15) is 0 Å². The van der Waals surface area contributed by atoms with Gasteiger partial charge in [-0.15, -0.1) is 0 Å². The highest BCUT2D eigenvalue weighted by Gasteiger charge is 2.04. The summed E-state index contributed by atoms with van der Waals surface area (Å²) in [6.07, 6.45) is 1.63. The van der Waals surface area contributed by atoms with Crippen molar-refractivity contribution in [1.29, 1.82) is 0 Å². The van der Waals surface area contributed by atoms with Crippen LogP contribution in [0.25, 0.3) is 0 Å². The van der Waals surface area contributed by atoms with Gasteiger partial charge in [0.1, 0.15) is 5.75 Å². The van der Waals surface area contributed by atoms with E-state index in [0.717, 1.165) is 5.56 Å². The van der Waals surface area contributed by atoms with Crippen LogP contribution in [0.1, 0.15) is 5.56 Å². The second kappa shape index (κ2) is 4.74. The SMILES string of the molecule is COc1cc(Oc2cc(C)ccc2N)ccn1. The average Bonchev–Trinajstić information content (AvgIpc) is 2.34. The lowest BCUT2D eigenvalue weighted by Gasteiger charge is -2.09. The number of nitrogens with zero attached hydrogens (tertiary/aromatic N) is 1. The minimum Gasteiger partial charge on any atom is -0.481 e. The summed E-state index contributed by atoms with van der Waals surface area (Å²) in [6.45, 7) is 1.99. The Kier molecular flexibility index (Phi) is 3.14. The molecule has 0 fully saturated rings. The Morgan fingerprint density at radius 2 is 2.00 bits per heavy atom. The summed E-state index contributed by atoms with van der Waals surface area (Å²) in [5, 5.41) is 0. The largest absolute Gasteiger partial charge is 0.481 e. The summed E-state index contributed by atoms with van der Waals surface area (Å²) in [6, 6.07) is 9.12. The number of aromatic nitrogens is 1. The zero-order chi connectivity index (χ0) is 12.3. The van der Waals surface area contributed by atoms with Crippen molar-refractivity contribution in [2.24, 2.45) is 0 Å². The number of pyridine rings is 1. The lowest BCUT2D eigenvalue weighted by atomic mass is 10.2. The highest BCUT2D eigenvalue weighted by Crippen LogP contribution is 2.29. The molecule has 0 bridgehead atoms. The molecule has 88 valence electrons. The molecule has 4 nitrogen and oxygen atoms in total. The van der Waals surface area contributed by atoms with Crippen LogP contribution in [0.4, 0.5) is 5.69 Å². The Morgan fingerprint density at radius 1 is 1.18 bits per heavy atom. The number of rotatable bonds is 3. The number of hydrogen-bond donors (Lipinski definition) is 1. The van der Waals surface area contributed by atoms with Gasteiger partial charge in [0.2, 0.25) is 5.88 Å². The monoisotopic (exact) mass is 230 g/mol. The number of aryl methyl sites for hydroxylation is 1. The summed E-state index contributed by atoms with van der Waals surface area (Å²) in [5.41, 5.74) is 7.53. The van der Waals surface area contributed by atoms with Gasteiger partial charge in [0, 0.05) is 12.3 Å². The highest BCUT2D eigenvalue weighted by atomic mass is 16.5. The minimum atomic E-state index is 0.508. The van der Waals surface area contributed by atoms with Crippen molar-refractivity contribution >= 4 is 5.69 Å². The van der Waals surface area contributed by atoms with Gasteiger partial charge in [-0.2, -0.15) is 0 Å². The lowest BCUT2D eigenvalue weighted by Crippen LogP contribution is -1.93. The molecular weight excluding hydrogens is 216 g/mol. The first-order valence-electron chi connectivity index (χ1n) is 5.23. The van der Waals surface area contributed by atoms with Gasteiger partial charge >= 0.3 is 0 Å². The Balaban J connectivity index is 2.27. The maximum absolute atomic E-state index is 5.84. The molecule has 17 heavy (non-hydrogen) atoms. The van der Waals surface area contributed by atoms with Gasteiger partial charge < -0.3 is 15.2 Å². The van der Waals surface area contributed by atoms with Crippen LogP contribution in [0.5, 0.6) is 17.4 Å². The van der Waals surface area contributed by atoms with Crippen molar-refractivity contribution in [3.8, 4) is 17.4 Å². The van der Waals surface area contributed by atoms with Gasteiger partial charge in [0.15, 0.2) is 5.75 Å². The van der Waals surface area contributed by atoms with Gasteiger partial charge in [-0.1, -0.05) is 6.07 Å². The summed E-state index contributed by atoms with van der Waals surface area (Å²) in [4.78, 5) is 4.01. The number of ether oxygens (including phenoxy) is 2. The van der Waals surface area contributed by atoms with E-state index in [1.165, 1.54) is 0 Å². The quantitative estimate of drug-likeness (QED) is 0.824. The first kappa shape index (κ1) is 11.3. The van der Waals surface area contributed by atoms with Crippen LogP contribution >= 0.6 is 0 Å². The Hall–Kier alpha value is -2.23. The van der Waals surface area contributed by atoms with E-state index in [-0.39, 0.29) is 0 Å². The van der Waals surface area contributed by atoms with Gasteiger partial charge in [0.25, 0.3) is 0 Å². The van der Waals surface area contributed by atoms with Crippen molar-refractivity contribution < 1.29 is 9.47 Å². The fourth-order valence-corrected chi connectivity index (χ4v) is 1.42. The zero-order valence-electron chi connectivity index (χ0n) is 9.81. The Morgan fingerprint density at radius 3 is 2.76 bits per heavy atom. The van der Waals surface area contributed by atoms with Crippen molar-refractivity contribution in [3.63, 3.8) is 0 Å². The third-order valence-corrected chi connectivity index (χ3v) is 2.31. The van der Waals surface area contributed by atoms with Crippen LogP contribution in [0.2, 0.25) is 0 Å². The van der Waals surface area contributed by atoms with Crippen LogP contribution < -0.4 is 15.2 Å². The van der Waals surface area contributed by atoms with Crippen molar-refractivity contribution in [2.45, 2.75) is 6.92 Å². The lowest BCUT2D eigenvalue weighted by molar-refractivity contribution is 0.392. The maximum atomic E-state index is 5.84. The molecule has 0 saturated heterocycles. The molecule has 0 aliphatic rings. The molecule has 0 saturated carbocycles. The number of nitrogens with two attached hydrogens (primary N) is 1. The predicted octanol–water partition coefficient (Wildman–Crippen LogP) is 2.77. The van der Waals surface area contributed by atoms with E-state index in [4.69, 9.17) is 15.2 Å². The molecule has 0 aliphatic carbocycles. The minimum absolute atomic E-state index is 0.508. The molecule has 4 heteroatoms. The topological polar surface area (TPSA) is 57.4 Å². The van der Waals surface area contributed by atoms with E-state index in [1.54, 1.807) is 25.4 Å². The molecule has 0 aliphatic heterocycles. The third kappa shape index (κ3) is 2.66. The van der Waals surface area contributed by atoms with E-state index in [2.05, 4.69) is 4.98 Å². The number of nitrogen functional groups attached to an aromatic ring is 1. The number of benzene rings is 1. The number of hydrogen-bond acceptors (Lipinski definition) is 4. The fraction of sp³-hybridized carbons (Fsp3) is 0.154. The molecule has 0 spiro atoms. The fourth-order valence-electron chi connectivity index (χ4n) is 1.42. The molecule has 0 atom stereocenters. The molecule has 2 aromatic rings. The van der Waals surface area contributed by atoms with Crippen LogP contribution in [-0.4, -0.2) is 12.1 Å². The third-order valence-electron chi connectivity index (χ3n) is 2.31. The molecule has 0 amide bonds. The van der Waals surface area contributed by atoms with Crippen LogP contribution in [0.3, 0.4) is 0 Å². The predicted molar refractivity (Wildman–Crippen MR) is 66.5 cm³/mol. The summed E-state index contributed by atoms with van der Waals surface area (Å²) < 4.78 is 10.7.